The third kappa shape index (κ3) is 3.03. The molecule has 1 amide bonds. The summed E-state index contributed by atoms with van der Waals surface area (Å²) in [7, 11) is 2.06. The summed E-state index contributed by atoms with van der Waals surface area (Å²) in [5.74, 6) is -0.125. The number of nitrogens with zero attached hydrogens (tertiary/aromatic N) is 1. The molecule has 5 nitrogen and oxygen atoms in total. The first-order valence-corrected chi connectivity index (χ1v) is 7.89. The van der Waals surface area contributed by atoms with E-state index in [1.54, 1.807) is 12.1 Å². The maximum absolute atomic E-state index is 11.9. The first kappa shape index (κ1) is 15.1. The number of hydrogen-bond donors (Lipinski definition) is 2. The van der Waals surface area contributed by atoms with Crippen LogP contribution >= 0.6 is 15.9 Å². The number of aliphatic hydroxyl groups is 1. The number of nitrogens with one attached hydrogen (secondary N) is 1. The minimum Gasteiger partial charge on any atom is -0.444 e. The van der Waals surface area contributed by atoms with Gasteiger partial charge >= 0.3 is 0 Å². The van der Waals surface area contributed by atoms with Crippen LogP contribution in [0, 0.1) is 0 Å². The first-order valence-electron chi connectivity index (χ1n) is 7.10. The van der Waals surface area contributed by atoms with Crippen molar-refractivity contribution in [3.8, 4) is 0 Å². The minimum absolute atomic E-state index is 0.145. The highest BCUT2D eigenvalue weighted by Crippen LogP contribution is 2.29. The predicted molar refractivity (Wildman–Crippen MR) is 87.1 cm³/mol. The Bertz CT molecular complexity index is 698. The highest BCUT2D eigenvalue weighted by Gasteiger charge is 2.18. The van der Waals surface area contributed by atoms with E-state index in [-0.39, 0.29) is 18.2 Å². The van der Waals surface area contributed by atoms with Crippen molar-refractivity contribution in [1.82, 2.24) is 5.32 Å². The van der Waals surface area contributed by atoms with Crippen molar-refractivity contribution in [3.63, 3.8) is 0 Å². The number of hydrogen-bond acceptors (Lipinski definition) is 4. The highest BCUT2D eigenvalue weighted by molar-refractivity contribution is 9.10. The first-order chi connectivity index (χ1) is 10.5. The van der Waals surface area contributed by atoms with Crippen molar-refractivity contribution >= 4 is 27.5 Å². The van der Waals surface area contributed by atoms with Crippen LogP contribution in [-0.4, -0.2) is 31.2 Å². The lowest BCUT2D eigenvalue weighted by atomic mass is 10.0. The van der Waals surface area contributed by atoms with Gasteiger partial charge in [-0.3, -0.25) is 4.79 Å². The predicted octanol–water partition coefficient (Wildman–Crippen LogP) is 2.50. The second-order valence-corrected chi connectivity index (χ2v) is 6.17. The van der Waals surface area contributed by atoms with E-state index in [1.807, 2.05) is 18.2 Å². The molecule has 0 aliphatic carbocycles. The average Bonchev–Trinajstić information content (AvgIpc) is 3.11. The van der Waals surface area contributed by atoms with Gasteiger partial charge in [-0.1, -0.05) is 12.1 Å². The van der Waals surface area contributed by atoms with Crippen molar-refractivity contribution in [2.45, 2.75) is 12.5 Å². The van der Waals surface area contributed by atoms with Gasteiger partial charge in [0.1, 0.15) is 0 Å². The van der Waals surface area contributed by atoms with E-state index in [0.29, 0.717) is 4.67 Å². The molecule has 2 aromatic rings. The normalized spacial score (nSPS) is 14.8. The van der Waals surface area contributed by atoms with Gasteiger partial charge in [-0.25, -0.2) is 0 Å². The maximum Gasteiger partial charge on any atom is 0.287 e. The highest BCUT2D eigenvalue weighted by atomic mass is 79.9. The molecule has 22 heavy (non-hydrogen) atoms. The van der Waals surface area contributed by atoms with Gasteiger partial charge in [-0.05, 0) is 51.7 Å². The summed E-state index contributed by atoms with van der Waals surface area (Å²) in [6, 6.07) is 9.17. The zero-order valence-electron chi connectivity index (χ0n) is 12.2. The third-order valence-electron chi connectivity index (χ3n) is 3.87. The number of rotatable bonds is 4. The number of halogens is 1. The smallest absolute Gasteiger partial charge is 0.287 e. The lowest BCUT2D eigenvalue weighted by molar-refractivity contribution is 0.0888. The van der Waals surface area contributed by atoms with Crippen molar-refractivity contribution < 1.29 is 14.3 Å². The molecule has 0 bridgehead atoms. The fourth-order valence-electron chi connectivity index (χ4n) is 2.62. The molecule has 0 saturated heterocycles. The molecule has 2 N–H and O–H groups in total. The van der Waals surface area contributed by atoms with Gasteiger partial charge in [0.05, 0.1) is 6.10 Å². The molecule has 116 valence electrons. The van der Waals surface area contributed by atoms with Crippen LogP contribution in [0.5, 0.6) is 0 Å². The molecule has 0 radical (unpaired) electrons. The number of carbonyl (C=O) groups excluding carboxylic acids is 1. The summed E-state index contributed by atoms with van der Waals surface area (Å²) < 4.78 is 5.67. The maximum atomic E-state index is 11.9. The minimum atomic E-state index is -0.737. The number of aliphatic hydroxyl groups excluding tert-OH is 1. The summed E-state index contributed by atoms with van der Waals surface area (Å²) in [6.07, 6.45) is 0.248. The summed E-state index contributed by atoms with van der Waals surface area (Å²) in [4.78, 5) is 14.1. The summed E-state index contributed by atoms with van der Waals surface area (Å²) >= 11 is 3.15. The number of anilines is 1. The van der Waals surface area contributed by atoms with Crippen LogP contribution in [0.3, 0.4) is 0 Å². The average molecular weight is 365 g/mol. The van der Waals surface area contributed by atoms with Gasteiger partial charge in [0.25, 0.3) is 5.91 Å². The number of likely N-dealkylation sites (N-methyl/N-ethyl adjacent to an activating group) is 1. The van der Waals surface area contributed by atoms with Crippen molar-refractivity contribution in [2.75, 3.05) is 25.0 Å². The Balaban J connectivity index is 1.63. The molecule has 0 spiro atoms. The van der Waals surface area contributed by atoms with Gasteiger partial charge in [0, 0.05) is 25.8 Å². The molecule has 6 heteroatoms. The van der Waals surface area contributed by atoms with Gasteiger partial charge in [0.2, 0.25) is 0 Å². The van der Waals surface area contributed by atoms with Crippen LogP contribution < -0.4 is 10.2 Å². The Kier molecular flexibility index (Phi) is 4.22. The number of benzene rings is 1. The van der Waals surface area contributed by atoms with Gasteiger partial charge in [-0.15, -0.1) is 0 Å². The fourth-order valence-corrected chi connectivity index (χ4v) is 2.93. The van der Waals surface area contributed by atoms with E-state index in [9.17, 15) is 9.90 Å². The lowest BCUT2D eigenvalue weighted by Gasteiger charge is -2.15. The Hall–Kier alpha value is -1.79. The van der Waals surface area contributed by atoms with Crippen molar-refractivity contribution in [1.29, 1.82) is 0 Å². The number of fused-ring (bicyclic) bond motifs is 1. The fraction of sp³-hybridized carbons (Fsp3) is 0.312. The van der Waals surface area contributed by atoms with E-state index in [2.05, 4.69) is 33.2 Å². The van der Waals surface area contributed by atoms with Crippen LogP contribution in [0.1, 0.15) is 27.8 Å². The van der Waals surface area contributed by atoms with Crippen LogP contribution in [0.2, 0.25) is 0 Å². The molecular formula is C16H17BrN2O3. The SMILES string of the molecule is CN1CCc2cc([C@@H](O)CNC(=O)c3ccc(Br)o3)ccc21. The van der Waals surface area contributed by atoms with Crippen molar-refractivity contribution in [2.24, 2.45) is 0 Å². The van der Waals surface area contributed by atoms with E-state index in [0.717, 1.165) is 18.5 Å². The van der Waals surface area contributed by atoms with E-state index >= 15 is 0 Å². The Morgan fingerprint density at radius 2 is 2.27 bits per heavy atom. The molecule has 1 aliphatic heterocycles. The molecule has 0 fully saturated rings. The van der Waals surface area contributed by atoms with Gasteiger partial charge in [0.15, 0.2) is 10.4 Å². The van der Waals surface area contributed by atoms with Crippen LogP contribution in [-0.2, 0) is 6.42 Å². The van der Waals surface area contributed by atoms with E-state index in [4.69, 9.17) is 4.42 Å². The number of carbonyl (C=O) groups is 1. The molecule has 1 atom stereocenters. The molecule has 1 aromatic carbocycles. The third-order valence-corrected chi connectivity index (χ3v) is 4.30. The molecule has 0 unspecified atom stereocenters. The standard InChI is InChI=1S/C16H17BrN2O3/c1-19-7-6-10-8-11(2-3-12(10)19)13(20)9-18-16(21)14-4-5-15(17)22-14/h2-5,8,13,20H,6-7,9H2,1H3,(H,18,21)/t13-/m0/s1. The summed E-state index contributed by atoms with van der Waals surface area (Å²) in [5.41, 5.74) is 3.26. The lowest BCUT2D eigenvalue weighted by Crippen LogP contribution is -2.28. The quantitative estimate of drug-likeness (QED) is 0.874. The Labute approximate surface area is 137 Å². The largest absolute Gasteiger partial charge is 0.444 e. The second-order valence-electron chi connectivity index (χ2n) is 5.39. The number of amides is 1. The molecular weight excluding hydrogens is 348 g/mol. The summed E-state index contributed by atoms with van der Waals surface area (Å²) in [6.45, 7) is 1.14. The van der Waals surface area contributed by atoms with Crippen LogP contribution in [0.25, 0.3) is 0 Å². The van der Waals surface area contributed by atoms with Gasteiger partial charge < -0.3 is 19.7 Å². The zero-order chi connectivity index (χ0) is 15.7. The molecule has 1 aliphatic rings. The topological polar surface area (TPSA) is 65.7 Å². The van der Waals surface area contributed by atoms with Crippen molar-refractivity contribution in [3.05, 3.63) is 51.9 Å². The molecule has 0 saturated carbocycles. The molecule has 3 rings (SSSR count). The van der Waals surface area contributed by atoms with Gasteiger partial charge in [-0.2, -0.15) is 0 Å². The van der Waals surface area contributed by atoms with E-state index in [1.165, 1.54) is 11.3 Å². The summed E-state index contributed by atoms with van der Waals surface area (Å²) in [5, 5.41) is 12.9. The Morgan fingerprint density at radius 3 is 3.00 bits per heavy atom. The van der Waals surface area contributed by atoms with Crippen LogP contribution in [0.15, 0.2) is 39.4 Å². The van der Waals surface area contributed by atoms with Crippen LogP contribution in [0.4, 0.5) is 5.69 Å². The van der Waals surface area contributed by atoms with E-state index < -0.39 is 6.10 Å². The zero-order valence-corrected chi connectivity index (χ0v) is 13.8. The Morgan fingerprint density at radius 1 is 1.45 bits per heavy atom. The number of furan rings is 1. The molecule has 2 heterocycles. The second kappa shape index (κ2) is 6.14. The molecule has 1 aromatic heterocycles. The monoisotopic (exact) mass is 364 g/mol.